The molecule has 208 valence electrons. The van der Waals surface area contributed by atoms with Gasteiger partial charge in [-0.3, -0.25) is 4.79 Å². The lowest BCUT2D eigenvalue weighted by Gasteiger charge is -2.25. The summed E-state index contributed by atoms with van der Waals surface area (Å²) in [5, 5.41) is 17.3. The Kier molecular flexibility index (Phi) is 10.1. The molecule has 2 atom stereocenters. The van der Waals surface area contributed by atoms with Crippen LogP contribution in [0.2, 0.25) is 0 Å². The van der Waals surface area contributed by atoms with E-state index in [2.05, 4.69) is 41.5 Å². The zero-order chi connectivity index (χ0) is 27.8. The van der Waals surface area contributed by atoms with Crippen molar-refractivity contribution in [3.05, 3.63) is 100 Å². The van der Waals surface area contributed by atoms with Crippen LogP contribution in [0.4, 0.5) is 14.5 Å². The highest BCUT2D eigenvalue weighted by Gasteiger charge is 2.25. The maximum absolute atomic E-state index is 13.9. The first-order chi connectivity index (χ1) is 18.9. The van der Waals surface area contributed by atoms with Gasteiger partial charge in [-0.05, 0) is 72.2 Å². The van der Waals surface area contributed by atoms with Crippen LogP contribution in [0.25, 0.3) is 0 Å². The van der Waals surface area contributed by atoms with Crippen molar-refractivity contribution in [1.82, 2.24) is 10.6 Å². The predicted molar refractivity (Wildman–Crippen MR) is 152 cm³/mol. The number of anilines is 1. The summed E-state index contributed by atoms with van der Waals surface area (Å²) in [6, 6.07) is 16.5. The van der Waals surface area contributed by atoms with Crippen molar-refractivity contribution in [2.45, 2.75) is 64.6 Å². The molecule has 3 aromatic carbocycles. The quantitative estimate of drug-likeness (QED) is 0.282. The minimum absolute atomic E-state index is 0.0855. The van der Waals surface area contributed by atoms with Crippen LogP contribution in [-0.4, -0.2) is 42.8 Å². The van der Waals surface area contributed by atoms with Gasteiger partial charge in [0.2, 0.25) is 0 Å². The third kappa shape index (κ3) is 7.87. The summed E-state index contributed by atoms with van der Waals surface area (Å²) < 4.78 is 27.8. The smallest absolute Gasteiger partial charge is 0.251 e. The molecule has 1 aliphatic heterocycles. The van der Waals surface area contributed by atoms with Gasteiger partial charge in [0.25, 0.3) is 5.91 Å². The standard InChI is InChI=1S/C32H39F2N3O2/c1-3-5-12-37-13-11-25-9-10-26(18-30(25)37)32(39)36-29(17-24-15-27(33)19-28(34)16-24)31(38)21-35-20-23-8-6-7-22(4-2)14-23/h6-10,14-16,18-19,29,31,35,38H,3-5,11-13,17,20-21H2,1-2H3,(H,36,39). The number of hydrogen-bond donors (Lipinski definition) is 3. The van der Waals surface area contributed by atoms with E-state index in [-0.39, 0.29) is 18.9 Å². The molecule has 0 fully saturated rings. The van der Waals surface area contributed by atoms with E-state index in [1.807, 2.05) is 30.3 Å². The molecule has 0 radical (unpaired) electrons. The Labute approximate surface area is 230 Å². The summed E-state index contributed by atoms with van der Waals surface area (Å²) in [5.74, 6) is -1.70. The average Bonchev–Trinajstić information content (AvgIpc) is 3.33. The Bertz CT molecular complexity index is 1250. The molecule has 0 aromatic heterocycles. The molecule has 0 spiro atoms. The van der Waals surface area contributed by atoms with E-state index in [0.29, 0.717) is 17.7 Å². The summed E-state index contributed by atoms with van der Waals surface area (Å²) in [6.07, 6.45) is 3.19. The number of amides is 1. The molecule has 3 aromatic rings. The summed E-state index contributed by atoms with van der Waals surface area (Å²) in [4.78, 5) is 15.7. The number of aliphatic hydroxyl groups is 1. The van der Waals surface area contributed by atoms with Gasteiger partial charge in [0.15, 0.2) is 0 Å². The van der Waals surface area contributed by atoms with Gasteiger partial charge < -0.3 is 20.6 Å². The van der Waals surface area contributed by atoms with Crippen molar-refractivity contribution in [1.29, 1.82) is 0 Å². The highest BCUT2D eigenvalue weighted by Crippen LogP contribution is 2.29. The Balaban J connectivity index is 1.47. The van der Waals surface area contributed by atoms with Crippen LogP contribution in [-0.2, 0) is 25.8 Å². The minimum atomic E-state index is -0.981. The van der Waals surface area contributed by atoms with E-state index in [4.69, 9.17) is 0 Å². The number of rotatable bonds is 13. The lowest BCUT2D eigenvalue weighted by Crippen LogP contribution is -2.48. The van der Waals surface area contributed by atoms with E-state index < -0.39 is 23.8 Å². The Morgan fingerprint density at radius 3 is 2.51 bits per heavy atom. The molecule has 1 heterocycles. The molecule has 0 saturated heterocycles. The van der Waals surface area contributed by atoms with Crippen LogP contribution in [0.5, 0.6) is 0 Å². The number of nitrogens with one attached hydrogen (secondary N) is 2. The fourth-order valence-corrected chi connectivity index (χ4v) is 5.15. The lowest BCUT2D eigenvalue weighted by atomic mass is 9.99. The fourth-order valence-electron chi connectivity index (χ4n) is 5.15. The second kappa shape index (κ2) is 13.7. The van der Waals surface area contributed by atoms with Crippen molar-refractivity contribution < 1.29 is 18.7 Å². The van der Waals surface area contributed by atoms with Gasteiger partial charge in [0, 0.05) is 43.5 Å². The lowest BCUT2D eigenvalue weighted by molar-refractivity contribution is 0.0830. The van der Waals surface area contributed by atoms with Gasteiger partial charge in [-0.25, -0.2) is 8.78 Å². The van der Waals surface area contributed by atoms with Gasteiger partial charge in [0.05, 0.1) is 12.1 Å². The molecular weight excluding hydrogens is 496 g/mol. The molecule has 2 unspecified atom stereocenters. The SMILES string of the molecule is CCCCN1CCc2ccc(C(=O)NC(Cc3cc(F)cc(F)c3)C(O)CNCc3cccc(CC)c3)cc21. The van der Waals surface area contributed by atoms with Crippen molar-refractivity contribution in [2.75, 3.05) is 24.5 Å². The molecular formula is C32H39F2N3O2. The van der Waals surface area contributed by atoms with Gasteiger partial charge in [-0.15, -0.1) is 0 Å². The Morgan fingerprint density at radius 1 is 1.00 bits per heavy atom. The van der Waals surface area contributed by atoms with Gasteiger partial charge in [-0.2, -0.15) is 0 Å². The Hall–Kier alpha value is -3.29. The van der Waals surface area contributed by atoms with Crippen LogP contribution in [0.3, 0.4) is 0 Å². The number of carbonyl (C=O) groups is 1. The summed E-state index contributed by atoms with van der Waals surface area (Å²) in [7, 11) is 0. The van der Waals surface area contributed by atoms with E-state index in [1.54, 1.807) is 0 Å². The molecule has 1 aliphatic rings. The second-order valence-corrected chi connectivity index (χ2v) is 10.4. The largest absolute Gasteiger partial charge is 0.390 e. The number of aryl methyl sites for hydroxylation is 1. The summed E-state index contributed by atoms with van der Waals surface area (Å²) in [6.45, 7) is 6.91. The van der Waals surface area contributed by atoms with E-state index >= 15 is 0 Å². The van der Waals surface area contributed by atoms with E-state index in [9.17, 15) is 18.7 Å². The number of hydrogen-bond acceptors (Lipinski definition) is 4. The van der Waals surface area contributed by atoms with Crippen LogP contribution < -0.4 is 15.5 Å². The van der Waals surface area contributed by atoms with Crippen LogP contribution in [0.15, 0.2) is 60.7 Å². The summed E-state index contributed by atoms with van der Waals surface area (Å²) in [5.41, 5.74) is 5.51. The van der Waals surface area contributed by atoms with Crippen LogP contribution >= 0.6 is 0 Å². The van der Waals surface area contributed by atoms with E-state index in [0.717, 1.165) is 56.1 Å². The monoisotopic (exact) mass is 535 g/mol. The van der Waals surface area contributed by atoms with Gasteiger partial charge in [-0.1, -0.05) is 50.6 Å². The Morgan fingerprint density at radius 2 is 1.77 bits per heavy atom. The molecule has 0 aliphatic carbocycles. The molecule has 4 rings (SSSR count). The number of nitrogens with zero attached hydrogens (tertiary/aromatic N) is 1. The number of carbonyl (C=O) groups excluding carboxylic acids is 1. The number of halogens is 2. The first-order valence-corrected chi connectivity index (χ1v) is 14.0. The molecule has 0 saturated carbocycles. The highest BCUT2D eigenvalue weighted by atomic mass is 19.1. The highest BCUT2D eigenvalue weighted by molar-refractivity contribution is 5.95. The zero-order valence-corrected chi connectivity index (χ0v) is 22.9. The van der Waals surface area contributed by atoms with Crippen LogP contribution in [0.1, 0.15) is 59.3 Å². The van der Waals surface area contributed by atoms with Crippen molar-refractivity contribution in [3.63, 3.8) is 0 Å². The predicted octanol–water partition coefficient (Wildman–Crippen LogP) is 5.18. The first-order valence-electron chi connectivity index (χ1n) is 14.0. The average molecular weight is 536 g/mol. The number of benzene rings is 3. The van der Waals surface area contributed by atoms with Gasteiger partial charge >= 0.3 is 0 Å². The van der Waals surface area contributed by atoms with Crippen LogP contribution in [0, 0.1) is 11.6 Å². The minimum Gasteiger partial charge on any atom is -0.390 e. The second-order valence-electron chi connectivity index (χ2n) is 10.4. The normalized spacial score (nSPS) is 14.2. The van der Waals surface area contributed by atoms with Crippen molar-refractivity contribution in [3.8, 4) is 0 Å². The molecule has 3 N–H and O–H groups in total. The third-order valence-electron chi connectivity index (χ3n) is 7.36. The fraction of sp³-hybridized carbons (Fsp3) is 0.406. The molecule has 7 heteroatoms. The maximum atomic E-state index is 13.9. The zero-order valence-electron chi connectivity index (χ0n) is 22.9. The molecule has 1 amide bonds. The molecule has 0 bridgehead atoms. The third-order valence-corrected chi connectivity index (χ3v) is 7.36. The number of aliphatic hydroxyl groups excluding tert-OH is 1. The first kappa shape index (κ1) is 28.7. The number of unbranched alkanes of at least 4 members (excludes halogenated alkanes) is 1. The van der Waals surface area contributed by atoms with Crippen molar-refractivity contribution in [2.24, 2.45) is 0 Å². The molecule has 5 nitrogen and oxygen atoms in total. The van der Waals surface area contributed by atoms with Crippen molar-refractivity contribution >= 4 is 11.6 Å². The number of fused-ring (bicyclic) bond motifs is 1. The van der Waals surface area contributed by atoms with Gasteiger partial charge in [0.1, 0.15) is 11.6 Å². The maximum Gasteiger partial charge on any atom is 0.251 e. The van der Waals surface area contributed by atoms with E-state index in [1.165, 1.54) is 23.3 Å². The molecule has 39 heavy (non-hydrogen) atoms. The summed E-state index contributed by atoms with van der Waals surface area (Å²) >= 11 is 0. The topological polar surface area (TPSA) is 64.6 Å².